The first-order chi connectivity index (χ1) is 12.2. The first kappa shape index (κ1) is 16.1. The van der Waals surface area contributed by atoms with Gasteiger partial charge in [0.15, 0.2) is 5.82 Å². The molecule has 0 bridgehead atoms. The normalized spacial score (nSPS) is 13.0. The summed E-state index contributed by atoms with van der Waals surface area (Å²) in [5.74, 6) is 1.65. The van der Waals surface area contributed by atoms with Crippen LogP contribution in [0.3, 0.4) is 0 Å². The van der Waals surface area contributed by atoms with Gasteiger partial charge in [-0.2, -0.15) is 0 Å². The van der Waals surface area contributed by atoms with Gasteiger partial charge >= 0.3 is 0 Å². The van der Waals surface area contributed by atoms with Gasteiger partial charge in [0.1, 0.15) is 5.82 Å². The first-order valence-corrected chi connectivity index (χ1v) is 9.26. The van der Waals surface area contributed by atoms with E-state index in [1.807, 2.05) is 12.1 Å². The highest BCUT2D eigenvalue weighted by atomic mass is 32.1. The van der Waals surface area contributed by atoms with Crippen molar-refractivity contribution in [1.29, 1.82) is 0 Å². The second-order valence-electron chi connectivity index (χ2n) is 5.97. The molecule has 0 fully saturated rings. The minimum absolute atomic E-state index is 0.739. The maximum Gasteiger partial charge on any atom is 0.161 e. The zero-order valence-electron chi connectivity index (χ0n) is 14.3. The van der Waals surface area contributed by atoms with E-state index < -0.39 is 0 Å². The van der Waals surface area contributed by atoms with Crippen molar-refractivity contribution in [1.82, 2.24) is 25.3 Å². The number of anilines is 1. The lowest BCUT2D eigenvalue weighted by atomic mass is 10.2. The Bertz CT molecular complexity index is 890. The third-order valence-electron chi connectivity index (χ3n) is 4.26. The predicted molar refractivity (Wildman–Crippen MR) is 99.4 cm³/mol. The van der Waals surface area contributed by atoms with Crippen LogP contribution in [0.15, 0.2) is 24.5 Å². The lowest BCUT2D eigenvalue weighted by molar-refractivity contribution is 0.758. The summed E-state index contributed by atoms with van der Waals surface area (Å²) in [4.78, 5) is 19.5. The number of hydrogen-bond donors (Lipinski definition) is 2. The summed E-state index contributed by atoms with van der Waals surface area (Å²) in [5, 5.41) is 8.00. The third-order valence-corrected chi connectivity index (χ3v) is 5.28. The van der Waals surface area contributed by atoms with Crippen molar-refractivity contribution in [3.8, 4) is 11.4 Å². The average molecular weight is 352 g/mol. The van der Waals surface area contributed by atoms with Gasteiger partial charge in [-0.05, 0) is 25.5 Å². The van der Waals surface area contributed by atoms with Gasteiger partial charge in [-0.1, -0.05) is 6.92 Å². The van der Waals surface area contributed by atoms with Gasteiger partial charge in [0.25, 0.3) is 0 Å². The number of aryl methyl sites for hydroxylation is 2. The molecule has 3 aromatic rings. The van der Waals surface area contributed by atoms with E-state index in [1.165, 1.54) is 10.6 Å². The Morgan fingerprint density at radius 3 is 2.80 bits per heavy atom. The van der Waals surface area contributed by atoms with Crippen LogP contribution in [0, 0.1) is 6.92 Å². The molecule has 0 aliphatic carbocycles. The van der Waals surface area contributed by atoms with Crippen LogP contribution in [-0.2, 0) is 26.1 Å². The molecule has 1 aliphatic rings. The number of pyridine rings is 1. The van der Waals surface area contributed by atoms with E-state index in [9.17, 15) is 0 Å². The Balaban J connectivity index is 1.65. The number of nitrogens with zero attached hydrogens (tertiary/aromatic N) is 4. The molecule has 7 heteroatoms. The molecule has 0 radical (unpaired) electrons. The van der Waals surface area contributed by atoms with Crippen molar-refractivity contribution < 1.29 is 0 Å². The van der Waals surface area contributed by atoms with Gasteiger partial charge in [0.2, 0.25) is 0 Å². The molecular formula is C18H20N6S. The van der Waals surface area contributed by atoms with Crippen molar-refractivity contribution in [2.75, 3.05) is 5.32 Å². The van der Waals surface area contributed by atoms with Gasteiger partial charge < -0.3 is 10.6 Å². The molecule has 0 spiro atoms. The van der Waals surface area contributed by atoms with Gasteiger partial charge in [-0.25, -0.2) is 15.0 Å². The number of hydrogen-bond acceptors (Lipinski definition) is 7. The lowest BCUT2D eigenvalue weighted by Gasteiger charge is -2.11. The summed E-state index contributed by atoms with van der Waals surface area (Å²) in [6.07, 6.45) is 4.49. The highest BCUT2D eigenvalue weighted by molar-refractivity contribution is 7.11. The van der Waals surface area contributed by atoms with E-state index in [1.54, 1.807) is 23.7 Å². The largest absolute Gasteiger partial charge is 0.365 e. The molecule has 0 saturated heterocycles. The molecule has 4 heterocycles. The van der Waals surface area contributed by atoms with E-state index in [4.69, 9.17) is 9.97 Å². The maximum absolute atomic E-state index is 4.79. The highest BCUT2D eigenvalue weighted by Crippen LogP contribution is 2.27. The van der Waals surface area contributed by atoms with Crippen LogP contribution in [0.4, 0.5) is 5.82 Å². The van der Waals surface area contributed by atoms with Crippen molar-refractivity contribution >= 4 is 17.2 Å². The van der Waals surface area contributed by atoms with Gasteiger partial charge in [-0.15, -0.1) is 11.3 Å². The number of thiazole rings is 1. The summed E-state index contributed by atoms with van der Waals surface area (Å²) in [6, 6.07) is 3.88. The zero-order chi connectivity index (χ0) is 17.2. The SMILES string of the molecule is CCc1nc(C)sc1CNc1nc(-c2ccncc2)nc2c1CNC2. The van der Waals surface area contributed by atoms with Crippen LogP contribution < -0.4 is 10.6 Å². The average Bonchev–Trinajstić information content (AvgIpc) is 3.26. The van der Waals surface area contributed by atoms with Crippen LogP contribution in [0.2, 0.25) is 0 Å². The molecule has 0 aromatic carbocycles. The van der Waals surface area contributed by atoms with E-state index >= 15 is 0 Å². The van der Waals surface area contributed by atoms with Gasteiger partial charge in [0.05, 0.1) is 22.9 Å². The van der Waals surface area contributed by atoms with Crippen molar-refractivity contribution in [2.24, 2.45) is 0 Å². The molecule has 6 nitrogen and oxygen atoms in total. The fraction of sp³-hybridized carbons (Fsp3) is 0.333. The van der Waals surface area contributed by atoms with Gasteiger partial charge in [0, 0.05) is 41.5 Å². The van der Waals surface area contributed by atoms with E-state index in [2.05, 4.69) is 34.4 Å². The number of nitrogens with one attached hydrogen (secondary N) is 2. The van der Waals surface area contributed by atoms with Crippen LogP contribution in [0.5, 0.6) is 0 Å². The van der Waals surface area contributed by atoms with Crippen LogP contribution in [0.25, 0.3) is 11.4 Å². The van der Waals surface area contributed by atoms with Crippen molar-refractivity contribution in [3.63, 3.8) is 0 Å². The fourth-order valence-corrected chi connectivity index (χ4v) is 4.00. The number of rotatable bonds is 5. The molecule has 0 amide bonds. The summed E-state index contributed by atoms with van der Waals surface area (Å²) in [5.41, 5.74) is 4.39. The van der Waals surface area contributed by atoms with E-state index in [-0.39, 0.29) is 0 Å². The molecule has 128 valence electrons. The molecule has 4 rings (SSSR count). The summed E-state index contributed by atoms with van der Waals surface area (Å²) in [7, 11) is 0. The Labute approximate surface area is 150 Å². The second kappa shape index (κ2) is 6.85. The Hall–Kier alpha value is -2.38. The smallest absolute Gasteiger partial charge is 0.161 e. The minimum Gasteiger partial charge on any atom is -0.365 e. The fourth-order valence-electron chi connectivity index (χ4n) is 3.04. The first-order valence-electron chi connectivity index (χ1n) is 8.44. The predicted octanol–water partition coefficient (Wildman–Crippen LogP) is 3.08. The van der Waals surface area contributed by atoms with Crippen molar-refractivity contribution in [2.45, 2.75) is 39.9 Å². The van der Waals surface area contributed by atoms with E-state index in [0.29, 0.717) is 0 Å². The van der Waals surface area contributed by atoms with Gasteiger partial charge in [-0.3, -0.25) is 4.98 Å². The van der Waals surface area contributed by atoms with E-state index in [0.717, 1.165) is 59.5 Å². The summed E-state index contributed by atoms with van der Waals surface area (Å²) < 4.78 is 0. The molecule has 3 aromatic heterocycles. The number of fused-ring (bicyclic) bond motifs is 1. The zero-order valence-corrected chi connectivity index (χ0v) is 15.2. The highest BCUT2D eigenvalue weighted by Gasteiger charge is 2.20. The quantitative estimate of drug-likeness (QED) is 0.735. The van der Waals surface area contributed by atoms with Crippen molar-refractivity contribution in [3.05, 3.63) is 51.4 Å². The topological polar surface area (TPSA) is 75.6 Å². The molecule has 2 N–H and O–H groups in total. The summed E-state index contributed by atoms with van der Waals surface area (Å²) in [6.45, 7) is 6.53. The Morgan fingerprint density at radius 1 is 1.16 bits per heavy atom. The molecular weight excluding hydrogens is 332 g/mol. The maximum atomic E-state index is 4.79. The number of aromatic nitrogens is 4. The Kier molecular flexibility index (Phi) is 4.42. The second-order valence-corrected chi connectivity index (χ2v) is 7.26. The van der Waals surface area contributed by atoms with Crippen LogP contribution in [-0.4, -0.2) is 19.9 Å². The molecule has 0 unspecified atom stereocenters. The third kappa shape index (κ3) is 3.25. The Morgan fingerprint density at radius 2 is 2.00 bits per heavy atom. The van der Waals surface area contributed by atoms with Crippen LogP contribution >= 0.6 is 11.3 Å². The molecule has 1 aliphatic heterocycles. The minimum atomic E-state index is 0.739. The lowest BCUT2D eigenvalue weighted by Crippen LogP contribution is -2.08. The molecule has 25 heavy (non-hydrogen) atoms. The van der Waals surface area contributed by atoms with Crippen LogP contribution in [0.1, 0.15) is 33.8 Å². The standard InChI is InChI=1S/C18H20N6S/c1-3-14-16(25-11(2)22-14)10-21-18-13-8-20-9-15(13)23-17(24-18)12-4-6-19-7-5-12/h4-7,20H,3,8-10H2,1-2H3,(H,21,23,24). The molecule has 0 saturated carbocycles. The summed E-state index contributed by atoms with van der Waals surface area (Å²) >= 11 is 1.75. The molecule has 0 atom stereocenters. The monoisotopic (exact) mass is 352 g/mol.